The first kappa shape index (κ1) is 17.8. The van der Waals surface area contributed by atoms with Crippen LogP contribution in [-0.2, 0) is 4.79 Å². The number of urea groups is 1. The van der Waals surface area contributed by atoms with Gasteiger partial charge in [0.2, 0.25) is 0 Å². The van der Waals surface area contributed by atoms with Crippen LogP contribution in [0.5, 0.6) is 11.5 Å². The van der Waals surface area contributed by atoms with E-state index in [4.69, 9.17) is 21.1 Å². The molecular weight excluding hydrogens is 356 g/mol. The number of carbonyl (C=O) groups excluding carboxylic acids is 2. The van der Waals surface area contributed by atoms with Crippen molar-refractivity contribution in [2.75, 3.05) is 18.6 Å². The number of imide groups is 1. The fraction of sp³-hybridized carbons (Fsp3) is 0.158. The van der Waals surface area contributed by atoms with E-state index < -0.39 is 11.9 Å². The number of nitrogens with zero attached hydrogens (tertiary/aromatic N) is 1. The summed E-state index contributed by atoms with van der Waals surface area (Å²) in [5.74, 6) is 0.704. The van der Waals surface area contributed by atoms with Crippen molar-refractivity contribution in [3.63, 3.8) is 0 Å². The van der Waals surface area contributed by atoms with Crippen LogP contribution in [0.25, 0.3) is 6.08 Å². The number of benzene rings is 2. The summed E-state index contributed by atoms with van der Waals surface area (Å²) >= 11 is 5.95. The molecule has 0 atom stereocenters. The van der Waals surface area contributed by atoms with Gasteiger partial charge in [0.15, 0.2) is 11.5 Å². The van der Waals surface area contributed by atoms with E-state index in [1.165, 1.54) is 0 Å². The third-order valence-corrected chi connectivity index (χ3v) is 3.98. The van der Waals surface area contributed by atoms with Crippen molar-refractivity contribution < 1.29 is 19.1 Å². The lowest BCUT2D eigenvalue weighted by Crippen LogP contribution is -2.30. The molecule has 0 radical (unpaired) electrons. The van der Waals surface area contributed by atoms with Gasteiger partial charge in [0.1, 0.15) is 5.70 Å². The fourth-order valence-corrected chi connectivity index (χ4v) is 2.79. The van der Waals surface area contributed by atoms with Gasteiger partial charge < -0.3 is 14.8 Å². The van der Waals surface area contributed by atoms with Crippen LogP contribution in [0.1, 0.15) is 12.5 Å². The number of rotatable bonds is 5. The summed E-state index contributed by atoms with van der Waals surface area (Å²) in [6.07, 6.45) is 1.59. The Morgan fingerprint density at radius 3 is 2.65 bits per heavy atom. The summed E-state index contributed by atoms with van der Waals surface area (Å²) in [5.41, 5.74) is 1.28. The highest BCUT2D eigenvalue weighted by atomic mass is 35.5. The van der Waals surface area contributed by atoms with Gasteiger partial charge in [-0.05, 0) is 48.9 Å². The van der Waals surface area contributed by atoms with Crippen LogP contribution in [0.2, 0.25) is 5.02 Å². The molecule has 3 rings (SSSR count). The van der Waals surface area contributed by atoms with Crippen LogP contribution < -0.4 is 19.7 Å². The Labute approximate surface area is 156 Å². The molecule has 1 N–H and O–H groups in total. The SMILES string of the molecule is CCOc1cc(/C=C2/NC(=O)N(c3cccc(Cl)c3)C2=O)ccc1OC. The van der Waals surface area contributed by atoms with Crippen LogP contribution >= 0.6 is 11.6 Å². The van der Waals surface area contributed by atoms with Crippen molar-refractivity contribution in [2.45, 2.75) is 6.92 Å². The Bertz CT molecular complexity index is 895. The molecule has 1 aliphatic heterocycles. The highest BCUT2D eigenvalue weighted by Gasteiger charge is 2.34. The first-order valence-electron chi connectivity index (χ1n) is 7.97. The number of anilines is 1. The number of carbonyl (C=O) groups is 2. The summed E-state index contributed by atoms with van der Waals surface area (Å²) in [6, 6.07) is 11.3. The second-order valence-electron chi connectivity index (χ2n) is 5.45. The molecule has 1 saturated heterocycles. The van der Waals surface area contributed by atoms with Gasteiger partial charge >= 0.3 is 6.03 Å². The van der Waals surface area contributed by atoms with Gasteiger partial charge in [-0.15, -0.1) is 0 Å². The zero-order valence-corrected chi connectivity index (χ0v) is 15.0. The molecule has 134 valence electrons. The Morgan fingerprint density at radius 1 is 1.15 bits per heavy atom. The minimum atomic E-state index is -0.526. The minimum absolute atomic E-state index is 0.169. The van der Waals surface area contributed by atoms with E-state index in [9.17, 15) is 9.59 Å². The molecule has 0 aromatic heterocycles. The van der Waals surface area contributed by atoms with Crippen LogP contribution in [0.15, 0.2) is 48.2 Å². The third-order valence-electron chi connectivity index (χ3n) is 3.74. The molecule has 1 aliphatic rings. The Morgan fingerprint density at radius 2 is 1.96 bits per heavy atom. The maximum atomic E-state index is 12.6. The van der Waals surface area contributed by atoms with Gasteiger partial charge in [-0.2, -0.15) is 0 Å². The summed E-state index contributed by atoms with van der Waals surface area (Å²) in [5, 5.41) is 3.03. The van der Waals surface area contributed by atoms with Crippen LogP contribution in [0.4, 0.5) is 10.5 Å². The number of hydrogen-bond donors (Lipinski definition) is 1. The molecular formula is C19H17ClN2O4. The topological polar surface area (TPSA) is 67.9 Å². The highest BCUT2D eigenvalue weighted by Crippen LogP contribution is 2.30. The maximum absolute atomic E-state index is 12.6. The zero-order valence-electron chi connectivity index (χ0n) is 14.3. The van der Waals surface area contributed by atoms with Crippen LogP contribution in [-0.4, -0.2) is 25.7 Å². The Hall–Kier alpha value is -2.99. The maximum Gasteiger partial charge on any atom is 0.333 e. The average molecular weight is 373 g/mol. The molecule has 6 nitrogen and oxygen atoms in total. The van der Waals surface area contributed by atoms with Gasteiger partial charge in [-0.1, -0.05) is 23.7 Å². The first-order valence-corrected chi connectivity index (χ1v) is 8.35. The van der Waals surface area contributed by atoms with Gasteiger partial charge in [-0.25, -0.2) is 9.69 Å². The molecule has 0 bridgehead atoms. The number of ether oxygens (including phenoxy) is 2. The number of amides is 3. The second kappa shape index (κ2) is 7.49. The Balaban J connectivity index is 1.92. The van der Waals surface area contributed by atoms with E-state index in [0.717, 1.165) is 4.90 Å². The minimum Gasteiger partial charge on any atom is -0.493 e. The predicted octanol–water partition coefficient (Wildman–Crippen LogP) is 3.84. The monoisotopic (exact) mass is 372 g/mol. The summed E-state index contributed by atoms with van der Waals surface area (Å²) in [4.78, 5) is 25.9. The van der Waals surface area contributed by atoms with Gasteiger partial charge in [0.25, 0.3) is 5.91 Å². The summed E-state index contributed by atoms with van der Waals surface area (Å²) < 4.78 is 10.8. The standard InChI is InChI=1S/C19H17ClN2O4/c1-3-26-17-10-12(7-8-16(17)25-2)9-15-18(23)22(19(24)21-15)14-6-4-5-13(20)11-14/h4-11H,3H2,1-2H3,(H,21,24)/b15-9+. The predicted molar refractivity (Wildman–Crippen MR) is 99.6 cm³/mol. The van der Waals surface area contributed by atoms with E-state index in [1.807, 2.05) is 6.92 Å². The Kier molecular flexibility index (Phi) is 5.14. The van der Waals surface area contributed by atoms with Crippen molar-refractivity contribution in [3.05, 3.63) is 58.7 Å². The molecule has 26 heavy (non-hydrogen) atoms. The number of methoxy groups -OCH3 is 1. The molecule has 7 heteroatoms. The van der Waals surface area contributed by atoms with E-state index in [0.29, 0.717) is 34.4 Å². The lowest BCUT2D eigenvalue weighted by atomic mass is 10.1. The lowest BCUT2D eigenvalue weighted by Gasteiger charge is -2.11. The second-order valence-corrected chi connectivity index (χ2v) is 5.89. The van der Waals surface area contributed by atoms with Crippen molar-refractivity contribution in [1.82, 2.24) is 5.32 Å². The molecule has 1 heterocycles. The molecule has 0 saturated carbocycles. The highest BCUT2D eigenvalue weighted by molar-refractivity contribution is 6.32. The quantitative estimate of drug-likeness (QED) is 0.639. The summed E-state index contributed by atoms with van der Waals surface area (Å²) in [7, 11) is 1.56. The summed E-state index contributed by atoms with van der Waals surface area (Å²) in [6.45, 7) is 2.35. The van der Waals surface area contributed by atoms with Crippen LogP contribution in [0, 0.1) is 0 Å². The van der Waals surface area contributed by atoms with Crippen molar-refractivity contribution in [1.29, 1.82) is 0 Å². The molecule has 2 aromatic rings. The molecule has 0 unspecified atom stereocenters. The van der Waals surface area contributed by atoms with E-state index >= 15 is 0 Å². The van der Waals surface area contributed by atoms with E-state index in [-0.39, 0.29) is 5.70 Å². The van der Waals surface area contributed by atoms with Crippen molar-refractivity contribution in [3.8, 4) is 11.5 Å². The van der Waals surface area contributed by atoms with Crippen LogP contribution in [0.3, 0.4) is 0 Å². The normalized spacial score (nSPS) is 15.3. The van der Waals surface area contributed by atoms with Crippen molar-refractivity contribution >= 4 is 35.3 Å². The molecule has 0 spiro atoms. The number of hydrogen-bond acceptors (Lipinski definition) is 4. The lowest BCUT2D eigenvalue weighted by molar-refractivity contribution is -0.113. The van der Waals surface area contributed by atoms with Gasteiger partial charge in [0.05, 0.1) is 19.4 Å². The zero-order chi connectivity index (χ0) is 18.7. The fourth-order valence-electron chi connectivity index (χ4n) is 2.60. The molecule has 3 amide bonds. The molecule has 0 aliphatic carbocycles. The van der Waals surface area contributed by atoms with E-state index in [1.54, 1.807) is 55.7 Å². The molecule has 2 aromatic carbocycles. The number of nitrogens with one attached hydrogen (secondary N) is 1. The molecule has 1 fully saturated rings. The first-order chi connectivity index (χ1) is 12.5. The third kappa shape index (κ3) is 3.50. The van der Waals surface area contributed by atoms with Gasteiger partial charge in [0, 0.05) is 5.02 Å². The smallest absolute Gasteiger partial charge is 0.333 e. The average Bonchev–Trinajstić information content (AvgIpc) is 2.89. The van der Waals surface area contributed by atoms with E-state index in [2.05, 4.69) is 5.32 Å². The van der Waals surface area contributed by atoms with Gasteiger partial charge in [-0.3, -0.25) is 4.79 Å². The number of halogens is 1. The van der Waals surface area contributed by atoms with Crippen molar-refractivity contribution in [2.24, 2.45) is 0 Å². The largest absolute Gasteiger partial charge is 0.493 e.